The molecule has 0 aliphatic carbocycles. The number of carboxylic acid groups (broad SMARTS) is 1. The van der Waals surface area contributed by atoms with E-state index >= 15 is 0 Å². The van der Waals surface area contributed by atoms with Crippen molar-refractivity contribution < 1.29 is 15.6 Å². The first-order valence-electron chi connectivity index (χ1n) is 4.11. The number of aromatic carboxylic acids is 1. The van der Waals surface area contributed by atoms with Gasteiger partial charge < -0.3 is 41.0 Å². The van der Waals surface area contributed by atoms with E-state index in [0.717, 1.165) is 0 Å². The molecule has 0 atom stereocenters. The molecule has 0 amide bonds. The fourth-order valence-electron chi connectivity index (χ4n) is 0.814. The molecule has 15 heavy (non-hydrogen) atoms. The number of carboxylic acids is 1. The van der Waals surface area contributed by atoms with Crippen LogP contribution in [0.3, 0.4) is 0 Å². The molecule has 0 radical (unpaired) electrons. The number of carbonyl (C=O) groups is 1. The number of hydrogen-bond donors (Lipinski definition) is 3. The highest BCUT2D eigenvalue weighted by atomic mass is 32.1. The van der Waals surface area contributed by atoms with Gasteiger partial charge in [0.15, 0.2) is 0 Å². The smallest absolute Gasteiger partial charge is 0.335 e. The molecule has 0 saturated heterocycles. The maximum Gasteiger partial charge on any atom is 0.335 e. The van der Waals surface area contributed by atoms with Gasteiger partial charge in [-0.2, -0.15) is 0 Å². The summed E-state index contributed by atoms with van der Waals surface area (Å²) in [5.41, 5.74) is 4.19. The summed E-state index contributed by atoms with van der Waals surface area (Å²) in [4.78, 5) is 10.5. The van der Waals surface area contributed by atoms with E-state index in [1.54, 1.807) is 19.2 Å². The molecule has 0 aliphatic heterocycles. The van der Waals surface area contributed by atoms with Crippen molar-refractivity contribution >= 4 is 40.8 Å². The number of anilines is 1. The molecule has 0 bridgehead atoms. The van der Waals surface area contributed by atoms with Crippen molar-refractivity contribution in [3.63, 3.8) is 0 Å². The van der Waals surface area contributed by atoms with Crippen LogP contribution >= 0.6 is 12.2 Å². The molecular formula is C9H12N2O2S2. The van der Waals surface area contributed by atoms with Gasteiger partial charge >= 0.3 is 5.97 Å². The van der Waals surface area contributed by atoms with Crippen LogP contribution in [0.4, 0.5) is 5.69 Å². The molecular weight excluding hydrogens is 232 g/mol. The molecule has 4 nitrogen and oxygen atoms in total. The lowest BCUT2D eigenvalue weighted by Crippen LogP contribution is -2.40. The molecule has 0 saturated carbocycles. The second-order valence-electron chi connectivity index (χ2n) is 2.29. The van der Waals surface area contributed by atoms with E-state index in [4.69, 9.17) is 5.11 Å². The largest absolute Gasteiger partial charge is 0.478 e. The highest BCUT2D eigenvalue weighted by Gasteiger charge is 2.00. The molecule has 0 aromatic heterocycles. The minimum Gasteiger partial charge on any atom is -0.478 e. The Bertz CT molecular complexity index is 338. The lowest BCUT2D eigenvalue weighted by atomic mass is 10.2. The highest BCUT2D eigenvalue weighted by molar-refractivity contribution is 8.00. The number of rotatable bonds is 2. The maximum atomic E-state index is 10.5. The first kappa shape index (κ1) is 13.8. The monoisotopic (exact) mass is 244 g/mol. The van der Waals surface area contributed by atoms with E-state index < -0.39 is 5.97 Å². The van der Waals surface area contributed by atoms with Crippen molar-refractivity contribution in [3.8, 4) is 0 Å². The molecule has 0 fully saturated rings. The first-order chi connectivity index (χ1) is 7.09. The summed E-state index contributed by atoms with van der Waals surface area (Å²) in [6, 6.07) is 6.20. The predicted molar refractivity (Wildman–Crippen MR) is 65.8 cm³/mol. The SMILES string of the molecule is C[NH3+].O=C(O)c1ccc(NC(=S)[S-])cc1. The lowest BCUT2D eigenvalue weighted by molar-refractivity contribution is -0.325. The summed E-state index contributed by atoms with van der Waals surface area (Å²) in [6.07, 6.45) is 0. The molecule has 0 unspecified atom stereocenters. The van der Waals surface area contributed by atoms with Crippen molar-refractivity contribution in [2.24, 2.45) is 0 Å². The van der Waals surface area contributed by atoms with Gasteiger partial charge in [-0.3, -0.25) is 0 Å². The molecule has 0 spiro atoms. The zero-order valence-electron chi connectivity index (χ0n) is 8.19. The molecule has 6 heteroatoms. The summed E-state index contributed by atoms with van der Waals surface area (Å²) in [7, 11) is 1.75. The zero-order chi connectivity index (χ0) is 11.8. The van der Waals surface area contributed by atoms with Crippen molar-refractivity contribution in [2.75, 3.05) is 12.4 Å². The molecule has 1 rings (SSSR count). The van der Waals surface area contributed by atoms with E-state index in [-0.39, 0.29) is 9.88 Å². The Labute approximate surface area is 98.9 Å². The van der Waals surface area contributed by atoms with Crippen LogP contribution in [0.25, 0.3) is 0 Å². The van der Waals surface area contributed by atoms with Crippen molar-refractivity contribution in [3.05, 3.63) is 29.8 Å². The van der Waals surface area contributed by atoms with Crippen LogP contribution in [0.2, 0.25) is 0 Å². The molecule has 1 aromatic carbocycles. The Kier molecular flexibility index (Phi) is 6.52. The van der Waals surface area contributed by atoms with Crippen LogP contribution in [0.15, 0.2) is 24.3 Å². The van der Waals surface area contributed by atoms with Crippen LogP contribution < -0.4 is 11.1 Å². The number of thiocarbonyl (C=S) groups is 1. The summed E-state index contributed by atoms with van der Waals surface area (Å²) < 4.78 is 0.239. The van der Waals surface area contributed by atoms with Crippen LogP contribution in [-0.4, -0.2) is 22.4 Å². The topological polar surface area (TPSA) is 77.0 Å². The van der Waals surface area contributed by atoms with Gasteiger partial charge in [0.2, 0.25) is 0 Å². The van der Waals surface area contributed by atoms with Gasteiger partial charge in [0.25, 0.3) is 0 Å². The van der Waals surface area contributed by atoms with E-state index in [1.807, 2.05) is 0 Å². The zero-order valence-corrected chi connectivity index (χ0v) is 9.82. The maximum absolute atomic E-state index is 10.5. The van der Waals surface area contributed by atoms with Gasteiger partial charge in [-0.05, 0) is 24.3 Å². The minimum absolute atomic E-state index is 0.237. The average molecular weight is 244 g/mol. The molecule has 82 valence electrons. The lowest BCUT2D eigenvalue weighted by Gasteiger charge is -2.08. The second-order valence-corrected chi connectivity index (χ2v) is 3.37. The van der Waals surface area contributed by atoms with Crippen molar-refractivity contribution in [1.82, 2.24) is 0 Å². The Morgan fingerprint density at radius 1 is 1.40 bits per heavy atom. The third-order valence-electron chi connectivity index (χ3n) is 1.38. The molecule has 0 heterocycles. The molecule has 5 N–H and O–H groups in total. The Hall–Kier alpha value is -1.24. The fraction of sp³-hybridized carbons (Fsp3) is 0.111. The summed E-state index contributed by atoms with van der Waals surface area (Å²) >= 11 is 9.30. The van der Waals surface area contributed by atoms with Crippen LogP contribution in [0.1, 0.15) is 10.4 Å². The molecule has 1 aromatic rings. The second kappa shape index (κ2) is 7.10. The van der Waals surface area contributed by atoms with Crippen molar-refractivity contribution in [2.45, 2.75) is 0 Å². The molecule has 0 aliphatic rings. The van der Waals surface area contributed by atoms with Crippen LogP contribution in [0.5, 0.6) is 0 Å². The Morgan fingerprint density at radius 3 is 2.20 bits per heavy atom. The fourth-order valence-corrected chi connectivity index (χ4v) is 1.05. The predicted octanol–water partition coefficient (Wildman–Crippen LogP) is 0.487. The van der Waals surface area contributed by atoms with Gasteiger partial charge in [-0.15, -0.1) is 0 Å². The van der Waals surface area contributed by atoms with Gasteiger partial charge in [-0.1, -0.05) is 4.32 Å². The number of quaternary nitrogens is 1. The minimum atomic E-state index is -0.951. The van der Waals surface area contributed by atoms with E-state index in [2.05, 4.69) is 35.9 Å². The average Bonchev–Trinajstić information content (AvgIpc) is 2.20. The number of benzene rings is 1. The van der Waals surface area contributed by atoms with Gasteiger partial charge in [0.05, 0.1) is 12.6 Å². The van der Waals surface area contributed by atoms with Crippen molar-refractivity contribution in [1.29, 1.82) is 0 Å². The quantitative estimate of drug-likeness (QED) is 0.521. The first-order valence-corrected chi connectivity index (χ1v) is 4.93. The third kappa shape index (κ3) is 5.26. The van der Waals surface area contributed by atoms with Crippen LogP contribution in [-0.2, 0) is 12.6 Å². The van der Waals surface area contributed by atoms with Crippen LogP contribution in [0, 0.1) is 0 Å². The number of hydrogen-bond acceptors (Lipinski definition) is 3. The van der Waals surface area contributed by atoms with Gasteiger partial charge in [0, 0.05) is 5.69 Å². The van der Waals surface area contributed by atoms with E-state index in [1.165, 1.54) is 12.1 Å². The summed E-state index contributed by atoms with van der Waals surface area (Å²) in [5.74, 6) is -0.951. The highest BCUT2D eigenvalue weighted by Crippen LogP contribution is 2.09. The Morgan fingerprint density at radius 2 is 1.87 bits per heavy atom. The van der Waals surface area contributed by atoms with Gasteiger partial charge in [-0.25, -0.2) is 4.79 Å². The standard InChI is InChI=1S/C8H7NO2S2.CH5N/c10-7(11)5-1-3-6(4-2-5)9-8(12)13;1-2/h1-4H,(H,10,11)(H2,9,12,13);2H2,1H3. The van der Waals surface area contributed by atoms with E-state index in [9.17, 15) is 4.79 Å². The summed E-state index contributed by atoms with van der Waals surface area (Å²) in [5, 5.41) is 11.3. The number of nitrogens with one attached hydrogen (secondary N) is 1. The van der Waals surface area contributed by atoms with E-state index in [0.29, 0.717) is 5.69 Å². The van der Waals surface area contributed by atoms with Gasteiger partial charge in [0.1, 0.15) is 0 Å². The normalized spacial score (nSPS) is 8.40. The third-order valence-corrected chi connectivity index (χ3v) is 1.58. The summed E-state index contributed by atoms with van der Waals surface area (Å²) in [6.45, 7) is 0. The Balaban J connectivity index is 0.000000921.